The van der Waals surface area contributed by atoms with Crippen molar-refractivity contribution < 1.29 is 0 Å². The number of rotatable bonds is 5. The molecule has 19 heavy (non-hydrogen) atoms. The lowest BCUT2D eigenvalue weighted by molar-refractivity contribution is 0.461. The van der Waals surface area contributed by atoms with Crippen LogP contribution in [0.5, 0.6) is 0 Å². The summed E-state index contributed by atoms with van der Waals surface area (Å²) in [6.45, 7) is 4.89. The molecule has 1 aliphatic carbocycles. The number of aryl methyl sites for hydroxylation is 1. The van der Waals surface area contributed by atoms with E-state index < -0.39 is 0 Å². The average molecular weight is 376 g/mol. The van der Waals surface area contributed by atoms with E-state index in [4.69, 9.17) is 4.99 Å². The molecule has 1 N–H and O–H groups in total. The Bertz CT molecular complexity index is 409. The number of nitrogens with zero attached hydrogens (tertiary/aromatic N) is 3. The Hall–Kier alpha value is -0.720. The van der Waals surface area contributed by atoms with Crippen LogP contribution < -0.4 is 5.32 Å². The first-order chi connectivity index (χ1) is 8.70. The Morgan fingerprint density at radius 1 is 1.53 bits per heavy atom. The quantitative estimate of drug-likeness (QED) is 0.487. The molecule has 0 radical (unpaired) electrons. The van der Waals surface area contributed by atoms with Crippen LogP contribution in [0.2, 0.25) is 0 Å². The van der Waals surface area contributed by atoms with Crippen LogP contribution in [0.25, 0.3) is 0 Å². The highest BCUT2D eigenvalue weighted by atomic mass is 127. The van der Waals surface area contributed by atoms with Crippen molar-refractivity contribution in [3.63, 3.8) is 0 Å². The second-order valence-corrected chi connectivity index (χ2v) is 5.10. The van der Waals surface area contributed by atoms with Gasteiger partial charge in [0.25, 0.3) is 0 Å². The summed E-state index contributed by atoms with van der Waals surface area (Å²) in [5.74, 6) is 1.85. The Kier molecular flexibility index (Phi) is 6.68. The van der Waals surface area contributed by atoms with Crippen LogP contribution >= 0.6 is 24.0 Å². The molecule has 1 aromatic heterocycles. The summed E-state index contributed by atoms with van der Waals surface area (Å²) in [7, 11) is 4.18. The van der Waals surface area contributed by atoms with E-state index in [-0.39, 0.29) is 24.0 Å². The summed E-state index contributed by atoms with van der Waals surface area (Å²) < 4.78 is 2.15. The van der Waals surface area contributed by atoms with Crippen LogP contribution in [0.4, 0.5) is 0 Å². The third-order valence-corrected chi connectivity index (χ3v) is 3.34. The van der Waals surface area contributed by atoms with Gasteiger partial charge in [-0.05, 0) is 37.8 Å². The normalized spacial score (nSPS) is 15.0. The summed E-state index contributed by atoms with van der Waals surface area (Å²) in [5, 5.41) is 3.36. The van der Waals surface area contributed by atoms with E-state index in [1.165, 1.54) is 18.5 Å². The molecule has 1 saturated carbocycles. The van der Waals surface area contributed by atoms with Crippen LogP contribution in [-0.2, 0) is 13.6 Å². The molecule has 0 amide bonds. The number of hydrogen-bond acceptors (Lipinski definition) is 1. The molecule has 1 heterocycles. The monoisotopic (exact) mass is 376 g/mol. The zero-order valence-electron chi connectivity index (χ0n) is 12.1. The largest absolute Gasteiger partial charge is 0.357 e. The first kappa shape index (κ1) is 16.3. The maximum Gasteiger partial charge on any atom is 0.194 e. The minimum atomic E-state index is 0. The van der Waals surface area contributed by atoms with Gasteiger partial charge in [-0.2, -0.15) is 0 Å². The summed E-state index contributed by atoms with van der Waals surface area (Å²) >= 11 is 0. The van der Waals surface area contributed by atoms with Gasteiger partial charge in [-0.3, -0.25) is 4.99 Å². The Morgan fingerprint density at radius 2 is 2.26 bits per heavy atom. The van der Waals surface area contributed by atoms with E-state index in [1.54, 1.807) is 0 Å². The molecule has 0 atom stereocenters. The molecule has 1 aromatic rings. The minimum absolute atomic E-state index is 0. The Balaban J connectivity index is 0.00000180. The maximum absolute atomic E-state index is 4.71. The first-order valence-corrected chi connectivity index (χ1v) is 6.80. The third-order valence-electron chi connectivity index (χ3n) is 3.34. The molecule has 0 unspecified atom stereocenters. The molecular formula is C14H25IN4. The van der Waals surface area contributed by atoms with E-state index in [2.05, 4.69) is 54.1 Å². The zero-order chi connectivity index (χ0) is 13.0. The fourth-order valence-corrected chi connectivity index (χ4v) is 1.96. The lowest BCUT2D eigenvalue weighted by atomic mass is 10.4. The van der Waals surface area contributed by atoms with Crippen LogP contribution in [0.1, 0.15) is 25.5 Å². The van der Waals surface area contributed by atoms with E-state index in [9.17, 15) is 0 Å². The van der Waals surface area contributed by atoms with Crippen molar-refractivity contribution in [3.05, 3.63) is 24.0 Å². The topological polar surface area (TPSA) is 32.6 Å². The van der Waals surface area contributed by atoms with Crippen LogP contribution in [-0.4, -0.2) is 35.6 Å². The van der Waals surface area contributed by atoms with Gasteiger partial charge < -0.3 is 14.8 Å². The van der Waals surface area contributed by atoms with Gasteiger partial charge in [-0.1, -0.05) is 0 Å². The zero-order valence-corrected chi connectivity index (χ0v) is 14.4. The van der Waals surface area contributed by atoms with Crippen LogP contribution in [0.3, 0.4) is 0 Å². The number of guanidine groups is 1. The smallest absolute Gasteiger partial charge is 0.194 e. The van der Waals surface area contributed by atoms with E-state index in [0.29, 0.717) is 0 Å². The molecule has 0 bridgehead atoms. The molecule has 4 nitrogen and oxygen atoms in total. The Morgan fingerprint density at radius 3 is 2.79 bits per heavy atom. The number of hydrogen-bond donors (Lipinski definition) is 1. The minimum Gasteiger partial charge on any atom is -0.357 e. The van der Waals surface area contributed by atoms with Crippen molar-refractivity contribution in [2.75, 3.05) is 20.1 Å². The van der Waals surface area contributed by atoms with Crippen LogP contribution in [0, 0.1) is 5.92 Å². The lowest BCUT2D eigenvalue weighted by Crippen LogP contribution is -2.39. The SMILES string of the molecule is CCNC(=NCC1CC1)N(C)Cc1cccn1C.I. The summed E-state index contributed by atoms with van der Waals surface area (Å²) in [6.07, 6.45) is 4.78. The van der Waals surface area contributed by atoms with Crippen molar-refractivity contribution in [1.29, 1.82) is 0 Å². The van der Waals surface area contributed by atoms with Crippen molar-refractivity contribution in [2.24, 2.45) is 18.0 Å². The van der Waals surface area contributed by atoms with Gasteiger partial charge in [0, 0.05) is 39.1 Å². The molecule has 0 aromatic carbocycles. The predicted octanol–water partition coefficient (Wildman–Crippen LogP) is 2.45. The maximum atomic E-state index is 4.71. The first-order valence-electron chi connectivity index (χ1n) is 6.80. The highest BCUT2D eigenvalue weighted by molar-refractivity contribution is 14.0. The molecule has 0 aliphatic heterocycles. The fourth-order valence-electron chi connectivity index (χ4n) is 1.96. The van der Waals surface area contributed by atoms with Crippen molar-refractivity contribution >= 4 is 29.9 Å². The number of halogens is 1. The number of aromatic nitrogens is 1. The van der Waals surface area contributed by atoms with Crippen molar-refractivity contribution in [3.8, 4) is 0 Å². The van der Waals surface area contributed by atoms with E-state index in [1.807, 2.05) is 0 Å². The standard InChI is InChI=1S/C14H24N4.HI/c1-4-15-14(16-10-12-7-8-12)18(3)11-13-6-5-9-17(13)2;/h5-6,9,12H,4,7-8,10-11H2,1-3H3,(H,15,16);1H. The highest BCUT2D eigenvalue weighted by Gasteiger charge is 2.21. The molecule has 0 saturated heterocycles. The predicted molar refractivity (Wildman–Crippen MR) is 91.0 cm³/mol. The molecule has 0 spiro atoms. The average Bonchev–Trinajstić information content (AvgIpc) is 3.09. The van der Waals surface area contributed by atoms with E-state index in [0.717, 1.165) is 31.5 Å². The van der Waals surface area contributed by atoms with Gasteiger partial charge >= 0.3 is 0 Å². The summed E-state index contributed by atoms with van der Waals surface area (Å²) in [5.41, 5.74) is 1.30. The van der Waals surface area contributed by atoms with Gasteiger partial charge in [-0.15, -0.1) is 24.0 Å². The fraction of sp³-hybridized carbons (Fsp3) is 0.643. The molecule has 1 fully saturated rings. The van der Waals surface area contributed by atoms with Crippen LogP contribution in [0.15, 0.2) is 23.3 Å². The second-order valence-electron chi connectivity index (χ2n) is 5.10. The number of nitrogens with one attached hydrogen (secondary N) is 1. The van der Waals surface area contributed by atoms with E-state index >= 15 is 0 Å². The van der Waals surface area contributed by atoms with Gasteiger partial charge in [0.05, 0.1) is 6.54 Å². The molecule has 5 heteroatoms. The van der Waals surface area contributed by atoms with Gasteiger partial charge in [0.15, 0.2) is 5.96 Å². The van der Waals surface area contributed by atoms with Crippen molar-refractivity contribution in [1.82, 2.24) is 14.8 Å². The highest BCUT2D eigenvalue weighted by Crippen LogP contribution is 2.28. The third kappa shape index (κ3) is 5.04. The molecule has 2 rings (SSSR count). The second kappa shape index (κ2) is 7.77. The lowest BCUT2D eigenvalue weighted by Gasteiger charge is -2.22. The number of aliphatic imine (C=N–C) groups is 1. The summed E-state index contributed by atoms with van der Waals surface area (Å²) in [6, 6.07) is 4.23. The Labute approximate surface area is 133 Å². The molecule has 1 aliphatic rings. The molecular weight excluding hydrogens is 351 g/mol. The van der Waals surface area contributed by atoms with Gasteiger partial charge in [0.1, 0.15) is 0 Å². The molecule has 108 valence electrons. The summed E-state index contributed by atoms with van der Waals surface area (Å²) in [4.78, 5) is 6.90. The van der Waals surface area contributed by atoms with Gasteiger partial charge in [0.2, 0.25) is 0 Å². The van der Waals surface area contributed by atoms with Gasteiger partial charge in [-0.25, -0.2) is 0 Å². The van der Waals surface area contributed by atoms with Crippen molar-refractivity contribution in [2.45, 2.75) is 26.3 Å².